The third-order valence-corrected chi connectivity index (χ3v) is 5.46. The average molecular weight is 403 g/mol. The molecule has 30 heavy (non-hydrogen) atoms. The number of piperazine rings is 1. The highest BCUT2D eigenvalue weighted by Gasteiger charge is 2.25. The molecule has 0 aliphatic carbocycles. The first-order valence-corrected chi connectivity index (χ1v) is 10.0. The Morgan fingerprint density at radius 1 is 0.967 bits per heavy atom. The number of carbonyl (C=O) groups excluding carboxylic acids is 1. The van der Waals surface area contributed by atoms with Crippen molar-refractivity contribution in [1.82, 2.24) is 19.9 Å². The molecule has 3 heterocycles. The fourth-order valence-electron chi connectivity index (χ4n) is 3.57. The molecule has 0 unspecified atom stereocenters. The maximum absolute atomic E-state index is 12.8. The number of methoxy groups -OCH3 is 1. The van der Waals surface area contributed by atoms with Crippen molar-refractivity contribution in [3.8, 4) is 17.3 Å². The van der Waals surface area contributed by atoms with Crippen LogP contribution in [0.25, 0.3) is 11.5 Å². The summed E-state index contributed by atoms with van der Waals surface area (Å²) in [5.41, 5.74) is 3.44. The number of nitrogens with zero attached hydrogens (tertiary/aromatic N) is 5. The van der Waals surface area contributed by atoms with Crippen LogP contribution in [-0.4, -0.2) is 59.0 Å². The minimum atomic E-state index is 0.0436. The van der Waals surface area contributed by atoms with Crippen LogP contribution in [0.4, 0.5) is 5.82 Å². The highest BCUT2D eigenvalue weighted by molar-refractivity contribution is 5.94. The second kappa shape index (κ2) is 8.49. The van der Waals surface area contributed by atoms with E-state index in [1.165, 1.54) is 0 Å². The summed E-state index contributed by atoms with van der Waals surface area (Å²) >= 11 is 0. The largest absolute Gasteiger partial charge is 0.497 e. The Morgan fingerprint density at radius 2 is 1.70 bits per heavy atom. The van der Waals surface area contributed by atoms with Crippen LogP contribution in [0.5, 0.6) is 5.75 Å². The zero-order valence-electron chi connectivity index (χ0n) is 17.5. The van der Waals surface area contributed by atoms with Crippen LogP contribution in [-0.2, 0) is 0 Å². The van der Waals surface area contributed by atoms with Crippen LogP contribution < -0.4 is 9.64 Å². The van der Waals surface area contributed by atoms with Crippen molar-refractivity contribution in [2.24, 2.45) is 0 Å². The monoisotopic (exact) mass is 403 g/mol. The van der Waals surface area contributed by atoms with E-state index in [0.717, 1.165) is 41.6 Å². The zero-order valence-corrected chi connectivity index (χ0v) is 17.5. The maximum Gasteiger partial charge on any atom is 0.253 e. The maximum atomic E-state index is 12.8. The number of aromatic nitrogens is 3. The summed E-state index contributed by atoms with van der Waals surface area (Å²) < 4.78 is 5.17. The molecule has 0 saturated carbocycles. The number of rotatable bonds is 4. The number of anilines is 1. The second-order valence-corrected chi connectivity index (χ2v) is 7.30. The van der Waals surface area contributed by atoms with Gasteiger partial charge in [-0.1, -0.05) is 6.07 Å². The summed E-state index contributed by atoms with van der Waals surface area (Å²) in [6, 6.07) is 13.0. The van der Waals surface area contributed by atoms with Crippen molar-refractivity contribution >= 4 is 11.7 Å². The summed E-state index contributed by atoms with van der Waals surface area (Å²) in [5, 5.41) is 0. The highest BCUT2D eigenvalue weighted by Crippen LogP contribution is 2.25. The van der Waals surface area contributed by atoms with Gasteiger partial charge in [-0.3, -0.25) is 9.78 Å². The number of ether oxygens (including phenoxy) is 1. The van der Waals surface area contributed by atoms with Crippen molar-refractivity contribution in [1.29, 1.82) is 0 Å². The van der Waals surface area contributed by atoms with E-state index in [1.54, 1.807) is 13.3 Å². The van der Waals surface area contributed by atoms with E-state index in [-0.39, 0.29) is 5.91 Å². The molecule has 1 aliphatic rings. The smallest absolute Gasteiger partial charge is 0.253 e. The van der Waals surface area contributed by atoms with Crippen molar-refractivity contribution in [3.05, 3.63) is 65.5 Å². The average Bonchev–Trinajstić information content (AvgIpc) is 2.81. The molecule has 1 aliphatic heterocycles. The first-order valence-electron chi connectivity index (χ1n) is 10.0. The number of benzene rings is 1. The van der Waals surface area contributed by atoms with Crippen LogP contribution >= 0.6 is 0 Å². The van der Waals surface area contributed by atoms with Gasteiger partial charge in [0.1, 0.15) is 17.3 Å². The van der Waals surface area contributed by atoms with Crippen LogP contribution in [0.1, 0.15) is 21.6 Å². The van der Waals surface area contributed by atoms with Gasteiger partial charge in [-0.05, 0) is 50.2 Å². The molecule has 1 saturated heterocycles. The summed E-state index contributed by atoms with van der Waals surface area (Å²) in [7, 11) is 1.62. The number of carbonyl (C=O) groups is 1. The molecule has 7 heteroatoms. The van der Waals surface area contributed by atoms with Gasteiger partial charge in [0, 0.05) is 49.2 Å². The quantitative estimate of drug-likeness (QED) is 0.667. The number of hydrogen-bond donors (Lipinski definition) is 0. The number of amides is 1. The normalized spacial score (nSPS) is 14.0. The number of hydrogen-bond acceptors (Lipinski definition) is 6. The molecule has 2 aromatic heterocycles. The summed E-state index contributed by atoms with van der Waals surface area (Å²) in [6.07, 6.45) is 1.75. The third kappa shape index (κ3) is 3.96. The molecule has 1 fully saturated rings. The van der Waals surface area contributed by atoms with Gasteiger partial charge in [0.15, 0.2) is 5.82 Å². The van der Waals surface area contributed by atoms with Crippen LogP contribution in [0, 0.1) is 13.8 Å². The molecule has 0 spiro atoms. The molecule has 7 nitrogen and oxygen atoms in total. The molecular weight excluding hydrogens is 378 g/mol. The van der Waals surface area contributed by atoms with Gasteiger partial charge in [-0.15, -0.1) is 0 Å². The molecule has 4 rings (SSSR count). The molecule has 0 atom stereocenters. The molecule has 0 radical (unpaired) electrons. The van der Waals surface area contributed by atoms with Gasteiger partial charge in [-0.25, -0.2) is 9.97 Å². The number of aryl methyl sites for hydroxylation is 1. The van der Waals surface area contributed by atoms with Crippen molar-refractivity contribution in [2.75, 3.05) is 38.2 Å². The Labute approximate surface area is 176 Å². The lowest BCUT2D eigenvalue weighted by atomic mass is 10.1. The Kier molecular flexibility index (Phi) is 5.61. The molecule has 3 aromatic rings. The van der Waals surface area contributed by atoms with Gasteiger partial charge >= 0.3 is 0 Å². The SMILES string of the molecule is COc1ccc(C(=O)N2CCN(c3nc(-c4ccccn4)nc(C)c3C)CC2)cc1. The topological polar surface area (TPSA) is 71.5 Å². The summed E-state index contributed by atoms with van der Waals surface area (Å²) in [4.78, 5) is 30.8. The molecular formula is C23H25N5O2. The van der Waals surface area contributed by atoms with Crippen molar-refractivity contribution in [3.63, 3.8) is 0 Å². The standard InChI is InChI=1S/C23H25N5O2/c1-16-17(2)25-21(20-6-4-5-11-24-20)26-22(16)27-12-14-28(15-13-27)23(29)18-7-9-19(30-3)10-8-18/h4-11H,12-15H2,1-3H3. The van der Waals surface area contributed by atoms with E-state index < -0.39 is 0 Å². The van der Waals surface area contributed by atoms with Gasteiger partial charge in [0.05, 0.1) is 7.11 Å². The van der Waals surface area contributed by atoms with Gasteiger partial charge < -0.3 is 14.5 Å². The van der Waals surface area contributed by atoms with Gasteiger partial charge in [-0.2, -0.15) is 0 Å². The molecule has 0 N–H and O–H groups in total. The summed E-state index contributed by atoms with van der Waals surface area (Å²) in [6.45, 7) is 6.78. The second-order valence-electron chi connectivity index (χ2n) is 7.30. The Hall–Kier alpha value is -3.48. The van der Waals surface area contributed by atoms with E-state index in [2.05, 4.69) is 14.9 Å². The fourth-order valence-corrected chi connectivity index (χ4v) is 3.57. The first kappa shape index (κ1) is 19.8. The Balaban J connectivity index is 1.50. The molecule has 154 valence electrons. The van der Waals surface area contributed by atoms with Crippen LogP contribution in [0.2, 0.25) is 0 Å². The highest BCUT2D eigenvalue weighted by atomic mass is 16.5. The first-order chi connectivity index (χ1) is 14.6. The molecule has 0 bridgehead atoms. The minimum absolute atomic E-state index is 0.0436. The predicted molar refractivity (Wildman–Crippen MR) is 116 cm³/mol. The van der Waals surface area contributed by atoms with Crippen LogP contribution in [0.15, 0.2) is 48.7 Å². The van der Waals surface area contributed by atoms with Gasteiger partial charge in [0.2, 0.25) is 0 Å². The van der Waals surface area contributed by atoms with E-state index in [1.807, 2.05) is 61.2 Å². The van der Waals surface area contributed by atoms with Crippen LogP contribution in [0.3, 0.4) is 0 Å². The van der Waals surface area contributed by atoms with E-state index >= 15 is 0 Å². The van der Waals surface area contributed by atoms with Crippen molar-refractivity contribution < 1.29 is 9.53 Å². The summed E-state index contributed by atoms with van der Waals surface area (Å²) in [5.74, 6) is 2.34. The third-order valence-electron chi connectivity index (χ3n) is 5.46. The number of pyridine rings is 1. The fraction of sp³-hybridized carbons (Fsp3) is 0.304. The minimum Gasteiger partial charge on any atom is -0.497 e. The van der Waals surface area contributed by atoms with E-state index in [4.69, 9.17) is 9.72 Å². The Morgan fingerprint density at radius 3 is 2.33 bits per heavy atom. The lowest BCUT2D eigenvalue weighted by Gasteiger charge is -2.36. The lowest BCUT2D eigenvalue weighted by Crippen LogP contribution is -2.49. The van der Waals surface area contributed by atoms with Gasteiger partial charge in [0.25, 0.3) is 5.91 Å². The van der Waals surface area contributed by atoms with E-state index in [9.17, 15) is 4.79 Å². The van der Waals surface area contributed by atoms with E-state index in [0.29, 0.717) is 24.5 Å². The molecule has 1 amide bonds. The Bertz CT molecular complexity index is 1030. The predicted octanol–water partition coefficient (Wildman–Crippen LogP) is 3.13. The lowest BCUT2D eigenvalue weighted by molar-refractivity contribution is 0.0746. The zero-order chi connectivity index (χ0) is 21.1. The molecule has 1 aromatic carbocycles. The van der Waals surface area contributed by atoms with Crippen molar-refractivity contribution in [2.45, 2.75) is 13.8 Å².